The van der Waals surface area contributed by atoms with Gasteiger partial charge >= 0.3 is 0 Å². The molecule has 0 saturated carbocycles. The predicted octanol–water partition coefficient (Wildman–Crippen LogP) is 4.96. The van der Waals surface area contributed by atoms with E-state index in [-0.39, 0.29) is 17.3 Å². The molecule has 11 heteroatoms. The molecule has 3 aromatic rings. The number of rotatable bonds is 5. The number of furan rings is 1. The standard InChI is InChI=1S/C17H8BrF5N2O3/c18-7-1-4-10(24-5-7)25-17(26)9-3-2-8(28-9)6-27-16-14(22)12(20)11(19)13(21)15(16)23/h1-5H,6H2,(H,24,25,26). The van der Waals surface area contributed by atoms with Crippen LogP contribution in [0.5, 0.6) is 5.75 Å². The Balaban J connectivity index is 1.70. The number of carbonyl (C=O) groups is 1. The van der Waals surface area contributed by atoms with E-state index in [9.17, 15) is 26.7 Å². The van der Waals surface area contributed by atoms with E-state index in [1.54, 1.807) is 6.07 Å². The van der Waals surface area contributed by atoms with Crippen molar-refractivity contribution in [2.75, 3.05) is 5.32 Å². The van der Waals surface area contributed by atoms with E-state index in [1.165, 1.54) is 24.4 Å². The molecule has 0 unspecified atom stereocenters. The van der Waals surface area contributed by atoms with Crippen LogP contribution >= 0.6 is 15.9 Å². The Morgan fingerprint density at radius 3 is 2.25 bits per heavy atom. The van der Waals surface area contributed by atoms with E-state index in [1.807, 2.05) is 0 Å². The van der Waals surface area contributed by atoms with Crippen molar-refractivity contribution in [1.29, 1.82) is 0 Å². The molecule has 1 N–H and O–H groups in total. The first-order valence-electron chi connectivity index (χ1n) is 7.43. The lowest BCUT2D eigenvalue weighted by Gasteiger charge is -2.09. The monoisotopic (exact) mass is 462 g/mol. The van der Waals surface area contributed by atoms with E-state index < -0.39 is 47.3 Å². The summed E-state index contributed by atoms with van der Waals surface area (Å²) < 4.78 is 76.9. The Hall–Kier alpha value is -2.95. The summed E-state index contributed by atoms with van der Waals surface area (Å²) in [7, 11) is 0. The van der Waals surface area contributed by atoms with E-state index in [0.29, 0.717) is 4.47 Å². The third-order valence-corrected chi connectivity index (χ3v) is 3.85. The van der Waals surface area contributed by atoms with Crippen LogP contribution in [0.15, 0.2) is 39.4 Å². The van der Waals surface area contributed by atoms with Crippen molar-refractivity contribution in [3.05, 3.63) is 75.5 Å². The lowest BCUT2D eigenvalue weighted by Crippen LogP contribution is -2.12. The average Bonchev–Trinajstić information content (AvgIpc) is 3.16. The SMILES string of the molecule is O=C(Nc1ccc(Br)cn1)c1ccc(COc2c(F)c(F)c(F)c(F)c2F)o1. The molecular formula is C17H8BrF5N2O3. The fourth-order valence-electron chi connectivity index (χ4n) is 2.06. The van der Waals surface area contributed by atoms with Crippen molar-refractivity contribution < 1.29 is 35.9 Å². The maximum absolute atomic E-state index is 13.6. The molecule has 1 aromatic carbocycles. The average molecular weight is 463 g/mol. The number of carbonyl (C=O) groups excluding carboxylic acids is 1. The smallest absolute Gasteiger partial charge is 0.292 e. The Kier molecular flexibility index (Phi) is 5.63. The Morgan fingerprint density at radius 1 is 1.00 bits per heavy atom. The highest BCUT2D eigenvalue weighted by Crippen LogP contribution is 2.29. The number of anilines is 1. The van der Waals surface area contributed by atoms with Crippen LogP contribution in [-0.2, 0) is 6.61 Å². The van der Waals surface area contributed by atoms with Gasteiger partial charge in [-0.05, 0) is 40.2 Å². The second kappa shape index (κ2) is 7.97. The van der Waals surface area contributed by atoms with Crippen molar-refractivity contribution in [3.8, 4) is 5.75 Å². The first-order chi connectivity index (χ1) is 13.3. The van der Waals surface area contributed by atoms with E-state index in [4.69, 9.17) is 4.42 Å². The van der Waals surface area contributed by atoms with E-state index in [2.05, 4.69) is 31.0 Å². The van der Waals surface area contributed by atoms with Crippen molar-refractivity contribution in [1.82, 2.24) is 4.98 Å². The molecule has 0 aliphatic heterocycles. The number of nitrogens with zero attached hydrogens (tertiary/aromatic N) is 1. The molecule has 0 aliphatic carbocycles. The molecule has 146 valence electrons. The number of benzene rings is 1. The molecule has 0 radical (unpaired) electrons. The molecule has 0 saturated heterocycles. The van der Waals surface area contributed by atoms with Crippen molar-refractivity contribution in [2.45, 2.75) is 6.61 Å². The summed E-state index contributed by atoms with van der Waals surface area (Å²) in [5, 5.41) is 2.45. The number of halogens is 6. The van der Waals surface area contributed by atoms with Gasteiger partial charge in [-0.1, -0.05) is 0 Å². The molecule has 0 aliphatic rings. The highest BCUT2D eigenvalue weighted by atomic mass is 79.9. The second-order valence-corrected chi connectivity index (χ2v) is 6.19. The van der Waals surface area contributed by atoms with Crippen LogP contribution in [0, 0.1) is 29.1 Å². The lowest BCUT2D eigenvalue weighted by atomic mass is 10.2. The molecule has 3 rings (SSSR count). The maximum Gasteiger partial charge on any atom is 0.292 e. The summed E-state index contributed by atoms with van der Waals surface area (Å²) in [5.41, 5.74) is 0. The van der Waals surface area contributed by atoms with Crippen LogP contribution in [0.25, 0.3) is 0 Å². The van der Waals surface area contributed by atoms with Gasteiger partial charge in [0.15, 0.2) is 11.5 Å². The zero-order valence-electron chi connectivity index (χ0n) is 13.5. The van der Waals surface area contributed by atoms with E-state index >= 15 is 0 Å². The Morgan fingerprint density at radius 2 is 1.64 bits per heavy atom. The zero-order chi connectivity index (χ0) is 20.4. The number of nitrogens with one attached hydrogen (secondary N) is 1. The number of aromatic nitrogens is 1. The molecular weight excluding hydrogens is 455 g/mol. The normalized spacial score (nSPS) is 10.8. The number of pyridine rings is 1. The van der Waals surface area contributed by atoms with Gasteiger partial charge in [-0.2, -0.15) is 8.78 Å². The molecule has 2 aromatic heterocycles. The van der Waals surface area contributed by atoms with Crippen molar-refractivity contribution >= 4 is 27.7 Å². The fraction of sp³-hybridized carbons (Fsp3) is 0.0588. The first-order valence-corrected chi connectivity index (χ1v) is 8.23. The van der Waals surface area contributed by atoms with Crippen LogP contribution in [0.4, 0.5) is 27.8 Å². The minimum atomic E-state index is -2.29. The predicted molar refractivity (Wildman–Crippen MR) is 89.2 cm³/mol. The summed E-state index contributed by atoms with van der Waals surface area (Å²) >= 11 is 3.19. The fourth-order valence-corrected chi connectivity index (χ4v) is 2.29. The van der Waals surface area contributed by atoms with Crippen LogP contribution in [-0.4, -0.2) is 10.9 Å². The van der Waals surface area contributed by atoms with Gasteiger partial charge in [-0.25, -0.2) is 18.2 Å². The molecule has 0 atom stereocenters. The van der Waals surface area contributed by atoms with Crippen molar-refractivity contribution in [2.24, 2.45) is 0 Å². The minimum Gasteiger partial charge on any atom is -0.479 e. The molecule has 0 bridgehead atoms. The van der Waals surface area contributed by atoms with Crippen LogP contribution in [0.1, 0.15) is 16.3 Å². The molecule has 1 amide bonds. The number of ether oxygens (including phenoxy) is 1. The van der Waals surface area contributed by atoms with Gasteiger partial charge in [-0.3, -0.25) is 4.79 Å². The summed E-state index contributed by atoms with van der Waals surface area (Å²) in [6.45, 7) is -0.678. The summed E-state index contributed by atoms with van der Waals surface area (Å²) in [4.78, 5) is 16.0. The number of amides is 1. The molecule has 2 heterocycles. The molecule has 5 nitrogen and oxygen atoms in total. The summed E-state index contributed by atoms with van der Waals surface area (Å²) in [6, 6.07) is 5.66. The first kappa shape index (κ1) is 19.8. The van der Waals surface area contributed by atoms with Gasteiger partial charge < -0.3 is 14.5 Å². The number of hydrogen-bond acceptors (Lipinski definition) is 4. The van der Waals surface area contributed by atoms with Crippen LogP contribution in [0.2, 0.25) is 0 Å². The number of hydrogen-bond donors (Lipinski definition) is 1. The van der Waals surface area contributed by atoms with Gasteiger partial charge in [0.1, 0.15) is 18.2 Å². The zero-order valence-corrected chi connectivity index (χ0v) is 15.1. The van der Waals surface area contributed by atoms with Gasteiger partial charge in [0.05, 0.1) is 0 Å². The molecule has 28 heavy (non-hydrogen) atoms. The minimum absolute atomic E-state index is 0.0853. The maximum atomic E-state index is 13.6. The molecule has 0 spiro atoms. The van der Waals surface area contributed by atoms with Crippen LogP contribution in [0.3, 0.4) is 0 Å². The van der Waals surface area contributed by atoms with Crippen LogP contribution < -0.4 is 10.1 Å². The molecule has 0 fully saturated rings. The largest absolute Gasteiger partial charge is 0.479 e. The quantitative estimate of drug-likeness (QED) is 0.330. The Bertz CT molecular complexity index is 1010. The topological polar surface area (TPSA) is 64.4 Å². The highest BCUT2D eigenvalue weighted by Gasteiger charge is 2.27. The third kappa shape index (κ3) is 3.98. The Labute approximate surface area is 162 Å². The van der Waals surface area contributed by atoms with Gasteiger partial charge in [-0.15, -0.1) is 0 Å². The van der Waals surface area contributed by atoms with E-state index in [0.717, 1.165) is 0 Å². The second-order valence-electron chi connectivity index (χ2n) is 5.27. The lowest BCUT2D eigenvalue weighted by molar-refractivity contribution is 0.0991. The highest BCUT2D eigenvalue weighted by molar-refractivity contribution is 9.10. The van der Waals surface area contributed by atoms with Gasteiger partial charge in [0.2, 0.25) is 29.1 Å². The van der Waals surface area contributed by atoms with Gasteiger partial charge in [0, 0.05) is 10.7 Å². The summed E-state index contributed by atoms with van der Waals surface area (Å²) in [6.07, 6.45) is 1.46. The summed E-state index contributed by atoms with van der Waals surface area (Å²) in [5.74, 6) is -12.9. The van der Waals surface area contributed by atoms with Crippen molar-refractivity contribution in [3.63, 3.8) is 0 Å². The van der Waals surface area contributed by atoms with Gasteiger partial charge in [0.25, 0.3) is 5.91 Å². The third-order valence-electron chi connectivity index (χ3n) is 3.38.